The molecular formula is C28H42N4O4. The molecular weight excluding hydrogens is 456 g/mol. The molecule has 0 spiro atoms. The lowest BCUT2D eigenvalue weighted by Gasteiger charge is -2.32. The molecule has 0 bridgehead atoms. The number of carbonyl (C=O) groups is 4. The number of piperidine rings is 2. The molecule has 198 valence electrons. The first-order valence-corrected chi connectivity index (χ1v) is 13.7. The lowest BCUT2D eigenvalue weighted by molar-refractivity contribution is -0.127. The molecule has 3 rings (SSSR count). The Hall–Kier alpha value is -2.90. The normalized spacial score (nSPS) is 20.1. The molecule has 2 aliphatic heterocycles. The van der Waals surface area contributed by atoms with Crippen molar-refractivity contribution >= 4 is 23.6 Å². The summed E-state index contributed by atoms with van der Waals surface area (Å²) in [5.41, 5.74) is 1.04. The number of nitrogens with zero attached hydrogens (tertiary/aromatic N) is 2. The number of amides is 4. The third-order valence-corrected chi connectivity index (χ3v) is 7.20. The molecule has 2 unspecified atom stereocenters. The SMILES string of the molecule is CCCCNC(=O)C1CCCN(C(=O)c2ccc(C(=O)N3CCCC(C(=O)NCCCC)C3)cc2)C1. The molecule has 0 aromatic heterocycles. The first kappa shape index (κ1) is 27.7. The first-order chi connectivity index (χ1) is 17.4. The van der Waals surface area contributed by atoms with Crippen molar-refractivity contribution < 1.29 is 19.2 Å². The molecule has 2 saturated heterocycles. The summed E-state index contributed by atoms with van der Waals surface area (Å²) in [4.78, 5) is 54.6. The second kappa shape index (κ2) is 14.0. The van der Waals surface area contributed by atoms with E-state index >= 15 is 0 Å². The van der Waals surface area contributed by atoms with E-state index in [0.29, 0.717) is 50.4 Å². The van der Waals surface area contributed by atoms with Gasteiger partial charge in [-0.25, -0.2) is 0 Å². The van der Waals surface area contributed by atoms with Crippen LogP contribution >= 0.6 is 0 Å². The van der Waals surface area contributed by atoms with Gasteiger partial charge < -0.3 is 20.4 Å². The summed E-state index contributed by atoms with van der Waals surface area (Å²) in [7, 11) is 0. The Morgan fingerprint density at radius 1 is 0.722 bits per heavy atom. The summed E-state index contributed by atoms with van der Waals surface area (Å²) in [6.45, 7) is 7.64. The number of benzene rings is 1. The standard InChI is InChI=1S/C28H42N4O4/c1-3-5-15-29-25(33)23-9-7-17-31(19-23)27(35)21-11-13-22(14-12-21)28(36)32-18-8-10-24(20-32)26(34)30-16-6-4-2/h11-14,23-24H,3-10,15-20H2,1-2H3,(H,29,33)(H,30,34). The van der Waals surface area contributed by atoms with Gasteiger partial charge in [0.15, 0.2) is 0 Å². The lowest BCUT2D eigenvalue weighted by atomic mass is 9.95. The second-order valence-electron chi connectivity index (χ2n) is 10.0. The van der Waals surface area contributed by atoms with Crippen molar-refractivity contribution in [3.8, 4) is 0 Å². The highest BCUT2D eigenvalue weighted by Gasteiger charge is 2.30. The minimum absolute atomic E-state index is 0.0285. The van der Waals surface area contributed by atoms with Crippen LogP contribution < -0.4 is 10.6 Å². The average Bonchev–Trinajstić information content (AvgIpc) is 2.92. The highest BCUT2D eigenvalue weighted by Crippen LogP contribution is 2.21. The van der Waals surface area contributed by atoms with Gasteiger partial charge in [0.2, 0.25) is 11.8 Å². The average molecular weight is 499 g/mol. The predicted octanol–water partition coefficient (Wildman–Crippen LogP) is 3.22. The molecule has 2 atom stereocenters. The number of hydrogen-bond acceptors (Lipinski definition) is 4. The maximum absolute atomic E-state index is 13.1. The van der Waals surface area contributed by atoms with Gasteiger partial charge in [-0.15, -0.1) is 0 Å². The fourth-order valence-electron chi connectivity index (χ4n) is 4.94. The first-order valence-electron chi connectivity index (χ1n) is 13.7. The van der Waals surface area contributed by atoms with Crippen molar-refractivity contribution in [2.24, 2.45) is 11.8 Å². The number of hydrogen-bond donors (Lipinski definition) is 2. The van der Waals surface area contributed by atoms with Gasteiger partial charge in [0.25, 0.3) is 11.8 Å². The van der Waals surface area contributed by atoms with Crippen LogP contribution in [0.25, 0.3) is 0 Å². The number of rotatable bonds is 10. The summed E-state index contributed by atoms with van der Waals surface area (Å²) in [5.74, 6) is -0.511. The molecule has 1 aromatic rings. The highest BCUT2D eigenvalue weighted by atomic mass is 16.2. The highest BCUT2D eigenvalue weighted by molar-refractivity contribution is 5.98. The van der Waals surface area contributed by atoms with Crippen LogP contribution in [0, 0.1) is 11.8 Å². The van der Waals surface area contributed by atoms with Crippen molar-refractivity contribution in [3.05, 3.63) is 35.4 Å². The minimum atomic E-state index is -0.174. The smallest absolute Gasteiger partial charge is 0.253 e. The molecule has 1 aromatic carbocycles. The molecule has 36 heavy (non-hydrogen) atoms. The van der Waals surface area contributed by atoms with Gasteiger partial charge in [-0.1, -0.05) is 26.7 Å². The van der Waals surface area contributed by atoms with E-state index in [1.165, 1.54) is 0 Å². The summed E-state index contributed by atoms with van der Waals surface area (Å²) >= 11 is 0. The van der Waals surface area contributed by atoms with E-state index in [1.807, 2.05) is 0 Å². The lowest BCUT2D eigenvalue weighted by Crippen LogP contribution is -2.46. The molecule has 0 aliphatic carbocycles. The van der Waals surface area contributed by atoms with Crippen molar-refractivity contribution in [2.75, 3.05) is 39.3 Å². The Labute approximate surface area is 215 Å². The van der Waals surface area contributed by atoms with Crippen LogP contribution in [-0.2, 0) is 9.59 Å². The van der Waals surface area contributed by atoms with Crippen LogP contribution in [0.2, 0.25) is 0 Å². The van der Waals surface area contributed by atoms with E-state index in [9.17, 15) is 19.2 Å². The zero-order valence-corrected chi connectivity index (χ0v) is 21.9. The van der Waals surface area contributed by atoms with Crippen LogP contribution in [0.3, 0.4) is 0 Å². The predicted molar refractivity (Wildman–Crippen MR) is 140 cm³/mol. The molecule has 4 amide bonds. The Kier molecular flexibility index (Phi) is 10.8. The molecule has 8 nitrogen and oxygen atoms in total. The topological polar surface area (TPSA) is 98.8 Å². The molecule has 2 heterocycles. The Balaban J connectivity index is 1.55. The third-order valence-electron chi connectivity index (χ3n) is 7.20. The van der Waals surface area contributed by atoms with E-state index in [1.54, 1.807) is 34.1 Å². The minimum Gasteiger partial charge on any atom is -0.356 e. The van der Waals surface area contributed by atoms with Crippen LogP contribution in [-0.4, -0.2) is 72.7 Å². The van der Waals surface area contributed by atoms with Crippen molar-refractivity contribution in [2.45, 2.75) is 65.2 Å². The zero-order valence-electron chi connectivity index (χ0n) is 21.9. The van der Waals surface area contributed by atoms with Crippen LogP contribution in [0.15, 0.2) is 24.3 Å². The number of unbranched alkanes of at least 4 members (excludes halogenated alkanes) is 2. The van der Waals surface area contributed by atoms with Gasteiger partial charge >= 0.3 is 0 Å². The maximum atomic E-state index is 13.1. The fraction of sp³-hybridized carbons (Fsp3) is 0.643. The van der Waals surface area contributed by atoms with Gasteiger partial charge in [-0.05, 0) is 62.8 Å². The number of nitrogens with one attached hydrogen (secondary N) is 2. The van der Waals surface area contributed by atoms with Crippen molar-refractivity contribution in [1.82, 2.24) is 20.4 Å². The number of carbonyl (C=O) groups excluding carboxylic acids is 4. The fourth-order valence-corrected chi connectivity index (χ4v) is 4.94. The van der Waals surface area contributed by atoms with E-state index in [0.717, 1.165) is 51.4 Å². The van der Waals surface area contributed by atoms with E-state index in [2.05, 4.69) is 24.5 Å². The molecule has 2 aliphatic rings. The maximum Gasteiger partial charge on any atom is 0.253 e. The monoisotopic (exact) mass is 498 g/mol. The Morgan fingerprint density at radius 3 is 1.47 bits per heavy atom. The number of likely N-dealkylation sites (tertiary alicyclic amines) is 2. The van der Waals surface area contributed by atoms with E-state index in [-0.39, 0.29) is 35.5 Å². The summed E-state index contributed by atoms with van der Waals surface area (Å²) < 4.78 is 0. The van der Waals surface area contributed by atoms with Crippen LogP contribution in [0.4, 0.5) is 0 Å². The molecule has 8 heteroatoms. The summed E-state index contributed by atoms with van der Waals surface area (Å²) in [5, 5.41) is 5.96. The van der Waals surface area contributed by atoms with Crippen molar-refractivity contribution in [1.29, 1.82) is 0 Å². The van der Waals surface area contributed by atoms with Crippen molar-refractivity contribution in [3.63, 3.8) is 0 Å². The molecule has 2 N–H and O–H groups in total. The van der Waals surface area contributed by atoms with Gasteiger partial charge in [0, 0.05) is 50.4 Å². The third kappa shape index (κ3) is 7.55. The summed E-state index contributed by atoms with van der Waals surface area (Å²) in [6, 6.07) is 6.78. The zero-order chi connectivity index (χ0) is 25.9. The van der Waals surface area contributed by atoms with Crippen LogP contribution in [0.5, 0.6) is 0 Å². The van der Waals surface area contributed by atoms with Gasteiger partial charge in [-0.2, -0.15) is 0 Å². The largest absolute Gasteiger partial charge is 0.356 e. The quantitative estimate of drug-likeness (QED) is 0.484. The van der Waals surface area contributed by atoms with Crippen LogP contribution in [0.1, 0.15) is 85.9 Å². The van der Waals surface area contributed by atoms with Gasteiger partial charge in [0.1, 0.15) is 0 Å². The van der Waals surface area contributed by atoms with E-state index in [4.69, 9.17) is 0 Å². The molecule has 0 radical (unpaired) electrons. The summed E-state index contributed by atoms with van der Waals surface area (Å²) in [6.07, 6.45) is 7.16. The Bertz CT molecular complexity index is 828. The van der Waals surface area contributed by atoms with Gasteiger partial charge in [0.05, 0.1) is 11.8 Å². The Morgan fingerprint density at radius 2 is 1.11 bits per heavy atom. The molecule has 2 fully saturated rings. The van der Waals surface area contributed by atoms with E-state index < -0.39 is 0 Å². The molecule has 0 saturated carbocycles. The second-order valence-corrected chi connectivity index (χ2v) is 10.0. The van der Waals surface area contributed by atoms with Gasteiger partial charge in [-0.3, -0.25) is 19.2 Å².